The first-order valence-corrected chi connectivity index (χ1v) is 11.5. The molecule has 0 aliphatic carbocycles. The number of hydrogen-bond acceptors (Lipinski definition) is 7. The Bertz CT molecular complexity index is 1100. The van der Waals surface area contributed by atoms with E-state index in [9.17, 15) is 13.2 Å². The van der Waals surface area contributed by atoms with Crippen LogP contribution in [0.15, 0.2) is 59.1 Å². The van der Waals surface area contributed by atoms with Crippen LogP contribution in [0.2, 0.25) is 0 Å². The molecule has 0 aliphatic rings. The summed E-state index contributed by atoms with van der Waals surface area (Å²) in [5.41, 5.74) is 2.21. The summed E-state index contributed by atoms with van der Waals surface area (Å²) in [5, 5.41) is 5.82. The van der Waals surface area contributed by atoms with Gasteiger partial charge in [0.2, 0.25) is 0 Å². The van der Waals surface area contributed by atoms with Crippen molar-refractivity contribution in [3.05, 3.63) is 64.7 Å². The number of aromatic nitrogens is 2. The monoisotopic (exact) mass is 446 g/mol. The van der Waals surface area contributed by atoms with Crippen LogP contribution in [0.25, 0.3) is 11.3 Å². The molecule has 0 radical (unpaired) electrons. The molecule has 0 saturated carbocycles. The molecule has 8 nitrogen and oxygen atoms in total. The Hall–Kier alpha value is -2.66. The zero-order valence-electron chi connectivity index (χ0n) is 16.6. The Morgan fingerprint density at radius 3 is 2.73 bits per heavy atom. The lowest BCUT2D eigenvalue weighted by Crippen LogP contribution is -2.27. The minimum absolute atomic E-state index is 0.00840. The lowest BCUT2D eigenvalue weighted by Gasteiger charge is -2.14. The van der Waals surface area contributed by atoms with Crippen molar-refractivity contribution >= 4 is 27.3 Å². The van der Waals surface area contributed by atoms with Gasteiger partial charge in [0.15, 0.2) is 0 Å². The van der Waals surface area contributed by atoms with Gasteiger partial charge in [0.05, 0.1) is 22.7 Å². The van der Waals surface area contributed by atoms with Crippen LogP contribution in [0.4, 0.5) is 0 Å². The maximum Gasteiger partial charge on any atom is 0.264 e. The first-order chi connectivity index (χ1) is 14.4. The van der Waals surface area contributed by atoms with Gasteiger partial charge < -0.3 is 5.32 Å². The summed E-state index contributed by atoms with van der Waals surface area (Å²) in [7, 11) is -1.25. The average Bonchev–Trinajstić information content (AvgIpc) is 3.25. The van der Waals surface area contributed by atoms with Crippen LogP contribution in [0.5, 0.6) is 0 Å². The van der Waals surface area contributed by atoms with Crippen LogP contribution < -0.4 is 5.32 Å². The molecule has 0 spiro atoms. The molecule has 1 N–H and O–H groups in total. The predicted octanol–water partition coefficient (Wildman–Crippen LogP) is 2.75. The number of amides is 1. The normalized spacial score (nSPS) is 11.6. The maximum absolute atomic E-state index is 12.4. The summed E-state index contributed by atoms with van der Waals surface area (Å²) in [6.07, 6.45) is 4.93. The Morgan fingerprint density at radius 1 is 1.23 bits per heavy atom. The fourth-order valence-electron chi connectivity index (χ4n) is 2.67. The van der Waals surface area contributed by atoms with Gasteiger partial charge in [0.25, 0.3) is 15.9 Å². The summed E-state index contributed by atoms with van der Waals surface area (Å²) in [6.45, 7) is 0.456. The highest BCUT2D eigenvalue weighted by atomic mass is 32.2. The molecule has 0 unspecified atom stereocenters. The number of carbonyl (C=O) groups is 1. The molecule has 30 heavy (non-hydrogen) atoms. The van der Waals surface area contributed by atoms with Crippen LogP contribution in [-0.2, 0) is 21.3 Å². The third kappa shape index (κ3) is 5.28. The second-order valence-corrected chi connectivity index (χ2v) is 9.23. The highest BCUT2D eigenvalue weighted by Gasteiger charge is 2.21. The number of hydroxylamine groups is 1. The fourth-order valence-corrected chi connectivity index (χ4v) is 4.54. The number of nitrogens with zero attached hydrogens (tertiary/aromatic N) is 3. The molecule has 1 amide bonds. The van der Waals surface area contributed by atoms with E-state index in [4.69, 9.17) is 4.84 Å². The molecule has 2 heterocycles. The minimum atomic E-state index is -3.81. The summed E-state index contributed by atoms with van der Waals surface area (Å²) < 4.78 is 25.4. The minimum Gasteiger partial charge on any atom is -0.352 e. The van der Waals surface area contributed by atoms with E-state index < -0.39 is 10.0 Å². The summed E-state index contributed by atoms with van der Waals surface area (Å²) in [5.74, 6) is -0.330. The Balaban J connectivity index is 1.53. The molecule has 10 heteroatoms. The van der Waals surface area contributed by atoms with E-state index in [1.807, 2.05) is 17.5 Å². The lowest BCUT2D eigenvalue weighted by atomic mass is 10.2. The highest BCUT2D eigenvalue weighted by Crippen LogP contribution is 2.22. The zero-order chi connectivity index (χ0) is 21.6. The van der Waals surface area contributed by atoms with Gasteiger partial charge in [-0.2, -0.15) is 0 Å². The second kappa shape index (κ2) is 9.90. The SMILES string of the molecule is CON(C)S(=O)(=O)c1cccc(C(=O)NCCCc2nc(-c3ccncc3)cs2)c1. The van der Waals surface area contributed by atoms with Crippen molar-refractivity contribution in [3.8, 4) is 11.3 Å². The first kappa shape index (κ1) is 22.0. The standard InChI is InChI=1S/C20H22N4O4S2/c1-24(28-2)30(26,27)17-6-3-5-16(13-17)20(25)22-10-4-7-19-23-18(14-29-19)15-8-11-21-12-9-15/h3,5-6,8-9,11-14H,4,7,10H2,1-2H3,(H,22,25). The van der Waals surface area contributed by atoms with Crippen molar-refractivity contribution in [2.75, 3.05) is 20.7 Å². The van der Waals surface area contributed by atoms with E-state index >= 15 is 0 Å². The zero-order valence-corrected chi connectivity index (χ0v) is 18.2. The highest BCUT2D eigenvalue weighted by molar-refractivity contribution is 7.89. The molecular formula is C20H22N4O4S2. The van der Waals surface area contributed by atoms with Crippen molar-refractivity contribution in [2.24, 2.45) is 0 Å². The second-order valence-electron chi connectivity index (χ2n) is 6.35. The van der Waals surface area contributed by atoms with E-state index in [0.29, 0.717) is 6.54 Å². The van der Waals surface area contributed by atoms with Gasteiger partial charge in [0, 0.05) is 48.9 Å². The number of benzene rings is 1. The van der Waals surface area contributed by atoms with Gasteiger partial charge in [-0.3, -0.25) is 14.6 Å². The Labute approximate surface area is 179 Å². The van der Waals surface area contributed by atoms with Gasteiger partial charge in [-0.1, -0.05) is 10.5 Å². The van der Waals surface area contributed by atoms with Crippen LogP contribution >= 0.6 is 11.3 Å². The molecule has 158 valence electrons. The molecule has 0 atom stereocenters. The van der Waals surface area contributed by atoms with E-state index in [0.717, 1.165) is 33.6 Å². The average molecular weight is 447 g/mol. The van der Waals surface area contributed by atoms with Crippen molar-refractivity contribution in [1.82, 2.24) is 19.8 Å². The smallest absolute Gasteiger partial charge is 0.264 e. The number of thiazole rings is 1. The molecule has 0 bridgehead atoms. The van der Waals surface area contributed by atoms with Crippen molar-refractivity contribution in [1.29, 1.82) is 0 Å². The van der Waals surface area contributed by atoms with Gasteiger partial charge >= 0.3 is 0 Å². The van der Waals surface area contributed by atoms with Crippen LogP contribution in [0.1, 0.15) is 21.8 Å². The largest absolute Gasteiger partial charge is 0.352 e. The third-order valence-electron chi connectivity index (χ3n) is 4.37. The number of aryl methyl sites for hydroxylation is 1. The molecule has 1 aromatic carbocycles. The number of sulfonamides is 1. The molecule has 3 aromatic rings. The van der Waals surface area contributed by atoms with E-state index in [1.54, 1.807) is 29.8 Å². The topological polar surface area (TPSA) is 101 Å². The quantitative estimate of drug-likeness (QED) is 0.401. The first-order valence-electron chi connectivity index (χ1n) is 9.18. The van der Waals surface area contributed by atoms with Crippen molar-refractivity contribution in [3.63, 3.8) is 0 Å². The van der Waals surface area contributed by atoms with Crippen LogP contribution in [-0.4, -0.2) is 49.5 Å². The number of nitrogens with one attached hydrogen (secondary N) is 1. The number of rotatable bonds is 9. The van der Waals surface area contributed by atoms with Crippen molar-refractivity contribution < 1.29 is 18.0 Å². The van der Waals surface area contributed by atoms with E-state index in [-0.39, 0.29) is 16.4 Å². The Kier molecular flexibility index (Phi) is 7.27. The molecule has 3 rings (SSSR count). The summed E-state index contributed by atoms with van der Waals surface area (Å²) in [6, 6.07) is 9.69. The van der Waals surface area contributed by atoms with Gasteiger partial charge in [0.1, 0.15) is 0 Å². The fraction of sp³-hybridized carbons (Fsp3) is 0.250. The molecular weight excluding hydrogens is 424 g/mol. The number of carbonyl (C=O) groups excluding carboxylic acids is 1. The molecule has 0 aliphatic heterocycles. The van der Waals surface area contributed by atoms with Crippen molar-refractivity contribution in [2.45, 2.75) is 17.7 Å². The Morgan fingerprint density at radius 2 is 2.00 bits per heavy atom. The van der Waals surface area contributed by atoms with Gasteiger partial charge in [-0.15, -0.1) is 11.3 Å². The number of hydrogen-bond donors (Lipinski definition) is 1. The van der Waals surface area contributed by atoms with Gasteiger partial charge in [-0.25, -0.2) is 13.4 Å². The van der Waals surface area contributed by atoms with Crippen LogP contribution in [0.3, 0.4) is 0 Å². The molecule has 2 aromatic heterocycles. The molecule has 0 fully saturated rings. The van der Waals surface area contributed by atoms with Crippen LogP contribution in [0, 0.1) is 0 Å². The lowest BCUT2D eigenvalue weighted by molar-refractivity contribution is -0.0258. The molecule has 0 saturated heterocycles. The third-order valence-corrected chi connectivity index (χ3v) is 6.95. The maximum atomic E-state index is 12.4. The predicted molar refractivity (Wildman–Crippen MR) is 114 cm³/mol. The van der Waals surface area contributed by atoms with E-state index in [1.165, 1.54) is 32.4 Å². The summed E-state index contributed by atoms with van der Waals surface area (Å²) in [4.78, 5) is 25.8. The number of pyridine rings is 1. The summed E-state index contributed by atoms with van der Waals surface area (Å²) >= 11 is 1.58. The van der Waals surface area contributed by atoms with Gasteiger partial charge in [-0.05, 0) is 36.8 Å². The van der Waals surface area contributed by atoms with E-state index in [2.05, 4.69) is 15.3 Å².